The van der Waals surface area contributed by atoms with E-state index in [9.17, 15) is 4.79 Å². The summed E-state index contributed by atoms with van der Waals surface area (Å²) in [6.45, 7) is 1.40. The van der Waals surface area contributed by atoms with Gasteiger partial charge in [-0.15, -0.1) is 0 Å². The summed E-state index contributed by atoms with van der Waals surface area (Å²) in [5.74, 6) is 0.183. The van der Waals surface area contributed by atoms with Gasteiger partial charge in [0.25, 0.3) is 0 Å². The quantitative estimate of drug-likeness (QED) is 0.735. The Labute approximate surface area is 90.8 Å². The van der Waals surface area contributed by atoms with Gasteiger partial charge >= 0.3 is 0 Å². The lowest BCUT2D eigenvalue weighted by Crippen LogP contribution is -2.59. The summed E-state index contributed by atoms with van der Waals surface area (Å²) in [6, 6.07) is 0.432. The van der Waals surface area contributed by atoms with E-state index in [4.69, 9.17) is 10.5 Å². The van der Waals surface area contributed by atoms with E-state index in [1.807, 2.05) is 11.9 Å². The van der Waals surface area contributed by atoms with E-state index in [2.05, 4.69) is 0 Å². The molecule has 0 aromatic rings. The lowest BCUT2D eigenvalue weighted by Gasteiger charge is -2.42. The maximum Gasteiger partial charge on any atom is 0.234 e. The number of carbonyl (C=O) groups excluding carboxylic acids is 1. The Morgan fingerprint density at radius 2 is 2.07 bits per heavy atom. The number of carbonyl (C=O) groups is 1. The Hall–Kier alpha value is -0.610. The molecule has 4 heteroatoms. The summed E-state index contributed by atoms with van der Waals surface area (Å²) < 4.78 is 5.14. The maximum absolute atomic E-state index is 12.2. The lowest BCUT2D eigenvalue weighted by molar-refractivity contribution is -0.171. The number of amides is 1. The van der Waals surface area contributed by atoms with Crippen molar-refractivity contribution in [2.24, 2.45) is 11.1 Å². The van der Waals surface area contributed by atoms with Crippen LogP contribution in [0.5, 0.6) is 0 Å². The SMILES string of the molecule is CN(C(=O)C1(CN)COC1)C1CCCC1. The van der Waals surface area contributed by atoms with E-state index in [0.717, 1.165) is 12.8 Å². The molecule has 4 nitrogen and oxygen atoms in total. The van der Waals surface area contributed by atoms with Gasteiger partial charge in [-0.05, 0) is 12.8 Å². The average Bonchev–Trinajstić information content (AvgIpc) is 2.68. The fourth-order valence-electron chi connectivity index (χ4n) is 2.51. The van der Waals surface area contributed by atoms with Crippen LogP contribution in [0.4, 0.5) is 0 Å². The summed E-state index contributed by atoms with van der Waals surface area (Å²) in [4.78, 5) is 14.1. The summed E-state index contributed by atoms with van der Waals surface area (Å²) >= 11 is 0. The van der Waals surface area contributed by atoms with E-state index >= 15 is 0 Å². The zero-order chi connectivity index (χ0) is 10.9. The Morgan fingerprint density at radius 3 is 2.47 bits per heavy atom. The van der Waals surface area contributed by atoms with Crippen molar-refractivity contribution >= 4 is 5.91 Å². The Bertz CT molecular complexity index is 239. The van der Waals surface area contributed by atoms with E-state index < -0.39 is 5.41 Å². The van der Waals surface area contributed by atoms with Crippen LogP contribution in [0.1, 0.15) is 25.7 Å². The largest absolute Gasteiger partial charge is 0.379 e. The molecule has 0 aromatic carbocycles. The molecule has 0 unspecified atom stereocenters. The molecule has 2 fully saturated rings. The zero-order valence-electron chi connectivity index (χ0n) is 9.37. The third kappa shape index (κ3) is 1.76. The average molecular weight is 212 g/mol. The highest BCUT2D eigenvalue weighted by molar-refractivity contribution is 5.84. The van der Waals surface area contributed by atoms with Crippen LogP contribution in [0, 0.1) is 5.41 Å². The lowest BCUT2D eigenvalue weighted by atomic mass is 9.84. The van der Waals surface area contributed by atoms with Crippen molar-refractivity contribution in [3.05, 3.63) is 0 Å². The van der Waals surface area contributed by atoms with Gasteiger partial charge in [-0.25, -0.2) is 0 Å². The predicted octanol–water partition coefficient (Wildman–Crippen LogP) is 0.363. The monoisotopic (exact) mass is 212 g/mol. The third-order valence-corrected chi connectivity index (χ3v) is 3.79. The summed E-state index contributed by atoms with van der Waals surface area (Å²) in [5, 5.41) is 0. The van der Waals surface area contributed by atoms with Gasteiger partial charge in [0.1, 0.15) is 5.41 Å². The number of hydrogen-bond donors (Lipinski definition) is 1. The number of hydrogen-bond acceptors (Lipinski definition) is 3. The normalized spacial score (nSPS) is 24.9. The summed E-state index contributed by atoms with van der Waals surface area (Å²) in [7, 11) is 1.91. The van der Waals surface area contributed by atoms with Gasteiger partial charge in [-0.2, -0.15) is 0 Å². The fourth-order valence-corrected chi connectivity index (χ4v) is 2.51. The van der Waals surface area contributed by atoms with Crippen molar-refractivity contribution in [1.82, 2.24) is 4.90 Å². The van der Waals surface area contributed by atoms with Gasteiger partial charge in [0.15, 0.2) is 0 Å². The van der Waals surface area contributed by atoms with Crippen LogP contribution < -0.4 is 5.73 Å². The molecular weight excluding hydrogens is 192 g/mol. The zero-order valence-corrected chi connectivity index (χ0v) is 9.37. The third-order valence-electron chi connectivity index (χ3n) is 3.79. The molecular formula is C11H20N2O2. The van der Waals surface area contributed by atoms with Gasteiger partial charge in [0.05, 0.1) is 13.2 Å². The molecule has 1 saturated heterocycles. The number of nitrogens with zero attached hydrogens (tertiary/aromatic N) is 1. The Kier molecular flexibility index (Phi) is 2.98. The van der Waals surface area contributed by atoms with Crippen LogP contribution in [-0.4, -0.2) is 43.7 Å². The molecule has 1 aliphatic carbocycles. The van der Waals surface area contributed by atoms with Crippen LogP contribution in [0.15, 0.2) is 0 Å². The molecule has 0 atom stereocenters. The molecule has 0 radical (unpaired) electrons. The molecule has 2 rings (SSSR count). The first-order valence-electron chi connectivity index (χ1n) is 5.75. The minimum atomic E-state index is -0.405. The first-order chi connectivity index (χ1) is 7.19. The van der Waals surface area contributed by atoms with Crippen molar-refractivity contribution in [2.45, 2.75) is 31.7 Å². The molecule has 2 aliphatic rings. The molecule has 1 aliphatic heterocycles. The van der Waals surface area contributed by atoms with Gasteiger partial charge in [0.2, 0.25) is 5.91 Å². The number of rotatable bonds is 3. The first kappa shape index (κ1) is 10.9. The molecule has 0 aromatic heterocycles. The van der Waals surface area contributed by atoms with Crippen LogP contribution >= 0.6 is 0 Å². The van der Waals surface area contributed by atoms with E-state index in [-0.39, 0.29) is 5.91 Å². The van der Waals surface area contributed by atoms with Crippen molar-refractivity contribution in [1.29, 1.82) is 0 Å². The second-order valence-electron chi connectivity index (χ2n) is 4.83. The fraction of sp³-hybridized carbons (Fsp3) is 0.909. The molecule has 86 valence electrons. The standard InChI is InChI=1S/C11H20N2O2/c1-13(9-4-2-3-5-9)10(14)11(6-12)7-15-8-11/h9H,2-8,12H2,1H3. The van der Waals surface area contributed by atoms with Crippen molar-refractivity contribution < 1.29 is 9.53 Å². The topological polar surface area (TPSA) is 55.6 Å². The predicted molar refractivity (Wildman–Crippen MR) is 57.3 cm³/mol. The van der Waals surface area contributed by atoms with E-state index in [1.165, 1.54) is 12.8 Å². The molecule has 0 spiro atoms. The van der Waals surface area contributed by atoms with Crippen molar-refractivity contribution in [2.75, 3.05) is 26.8 Å². The Balaban J connectivity index is 1.99. The van der Waals surface area contributed by atoms with E-state index in [0.29, 0.717) is 25.8 Å². The van der Waals surface area contributed by atoms with Crippen LogP contribution in [0.2, 0.25) is 0 Å². The first-order valence-corrected chi connectivity index (χ1v) is 5.75. The molecule has 1 heterocycles. The highest BCUT2D eigenvalue weighted by Crippen LogP contribution is 2.31. The molecule has 0 bridgehead atoms. The van der Waals surface area contributed by atoms with Gasteiger partial charge in [-0.1, -0.05) is 12.8 Å². The highest BCUT2D eigenvalue weighted by atomic mass is 16.5. The van der Waals surface area contributed by atoms with Gasteiger partial charge in [0, 0.05) is 19.6 Å². The number of nitrogens with two attached hydrogens (primary N) is 1. The second-order valence-corrected chi connectivity index (χ2v) is 4.83. The van der Waals surface area contributed by atoms with E-state index in [1.54, 1.807) is 0 Å². The number of ether oxygens (including phenoxy) is 1. The maximum atomic E-state index is 12.2. The van der Waals surface area contributed by atoms with Crippen LogP contribution in [0.3, 0.4) is 0 Å². The van der Waals surface area contributed by atoms with Crippen molar-refractivity contribution in [3.63, 3.8) is 0 Å². The Morgan fingerprint density at radius 1 is 1.47 bits per heavy atom. The second kappa shape index (κ2) is 4.10. The molecule has 2 N–H and O–H groups in total. The highest BCUT2D eigenvalue weighted by Gasteiger charge is 2.47. The summed E-state index contributed by atoms with van der Waals surface area (Å²) in [5.41, 5.74) is 5.27. The summed E-state index contributed by atoms with van der Waals surface area (Å²) in [6.07, 6.45) is 4.77. The molecule has 1 amide bonds. The van der Waals surface area contributed by atoms with Crippen LogP contribution in [-0.2, 0) is 9.53 Å². The minimum Gasteiger partial charge on any atom is -0.379 e. The van der Waals surface area contributed by atoms with Gasteiger partial charge in [-0.3, -0.25) is 4.79 Å². The smallest absolute Gasteiger partial charge is 0.234 e. The van der Waals surface area contributed by atoms with Gasteiger partial charge < -0.3 is 15.4 Å². The molecule has 1 saturated carbocycles. The minimum absolute atomic E-state index is 0.183. The molecule has 15 heavy (non-hydrogen) atoms. The van der Waals surface area contributed by atoms with Crippen LogP contribution in [0.25, 0.3) is 0 Å². The van der Waals surface area contributed by atoms with Crippen molar-refractivity contribution in [3.8, 4) is 0 Å².